The van der Waals surface area contributed by atoms with Crippen LogP contribution in [0.3, 0.4) is 0 Å². The van der Waals surface area contributed by atoms with Crippen molar-refractivity contribution in [1.82, 2.24) is 4.72 Å². The van der Waals surface area contributed by atoms with Crippen molar-refractivity contribution in [3.63, 3.8) is 0 Å². The fourth-order valence-corrected chi connectivity index (χ4v) is 4.56. The molecule has 2 atom stereocenters. The second-order valence-corrected chi connectivity index (χ2v) is 7.44. The molecule has 2 aromatic rings. The lowest BCUT2D eigenvalue weighted by molar-refractivity contribution is 0.103. The first-order valence-electron chi connectivity index (χ1n) is 7.12. The third kappa shape index (κ3) is 1.86. The van der Waals surface area contributed by atoms with Gasteiger partial charge in [0.1, 0.15) is 0 Å². The van der Waals surface area contributed by atoms with E-state index < -0.39 is 10.0 Å². The van der Waals surface area contributed by atoms with Crippen molar-refractivity contribution in [2.75, 3.05) is 5.32 Å². The highest BCUT2D eigenvalue weighted by Crippen LogP contribution is 2.36. The van der Waals surface area contributed by atoms with Crippen LogP contribution in [0.15, 0.2) is 35.2 Å². The molecule has 4 rings (SSSR count). The number of nitrogens with one attached hydrogen (secondary N) is 2. The molecule has 6 nitrogen and oxygen atoms in total. The fraction of sp³-hybridized carbons (Fsp3) is 0.267. The van der Waals surface area contributed by atoms with Gasteiger partial charge in [-0.15, -0.1) is 0 Å². The maximum atomic E-state index is 12.6. The minimum absolute atomic E-state index is 0.130. The van der Waals surface area contributed by atoms with Gasteiger partial charge in [0.15, 0.2) is 0 Å². The fourth-order valence-electron chi connectivity index (χ4n) is 3.03. The first-order valence-corrected chi connectivity index (χ1v) is 8.61. The molecule has 0 aromatic heterocycles. The van der Waals surface area contributed by atoms with Crippen molar-refractivity contribution >= 4 is 32.4 Å². The number of carbonyl (C=O) groups excluding carboxylic acids is 1. The first-order chi connectivity index (χ1) is 10.5. The Labute approximate surface area is 127 Å². The summed E-state index contributed by atoms with van der Waals surface area (Å²) in [7, 11) is -3.67. The van der Waals surface area contributed by atoms with Crippen LogP contribution in [0.4, 0.5) is 5.69 Å². The minimum atomic E-state index is -3.67. The van der Waals surface area contributed by atoms with Gasteiger partial charge in [-0.05, 0) is 31.0 Å². The molecule has 1 saturated carbocycles. The highest BCUT2D eigenvalue weighted by atomic mass is 32.2. The zero-order valence-corrected chi connectivity index (χ0v) is 12.5. The molecule has 7 heteroatoms. The van der Waals surface area contributed by atoms with Gasteiger partial charge < -0.3 is 11.1 Å². The molecule has 22 heavy (non-hydrogen) atoms. The Morgan fingerprint density at radius 1 is 1.18 bits per heavy atom. The molecule has 2 aromatic carbocycles. The van der Waals surface area contributed by atoms with Crippen molar-refractivity contribution in [2.45, 2.75) is 29.8 Å². The van der Waals surface area contributed by atoms with Crippen LogP contribution in [0.25, 0.3) is 10.8 Å². The number of benzene rings is 2. The molecule has 1 aliphatic heterocycles. The molecule has 1 fully saturated rings. The number of hydrogen-bond acceptors (Lipinski definition) is 4. The maximum absolute atomic E-state index is 12.6. The molecule has 0 saturated heterocycles. The minimum Gasteiger partial charge on any atom is -0.326 e. The van der Waals surface area contributed by atoms with Gasteiger partial charge in [-0.3, -0.25) is 4.79 Å². The summed E-state index contributed by atoms with van der Waals surface area (Å²) in [6, 6.07) is 7.92. The number of amides is 1. The summed E-state index contributed by atoms with van der Waals surface area (Å²) in [6.07, 6.45) is 1.58. The summed E-state index contributed by atoms with van der Waals surface area (Å²) in [5, 5.41) is 3.96. The Morgan fingerprint density at radius 2 is 2.00 bits per heavy atom. The summed E-state index contributed by atoms with van der Waals surface area (Å²) in [5.41, 5.74) is 6.97. The normalized spacial score (nSPS) is 23.4. The lowest BCUT2D eigenvalue weighted by Gasteiger charge is -2.33. The van der Waals surface area contributed by atoms with Crippen molar-refractivity contribution in [3.05, 3.63) is 35.9 Å². The Balaban J connectivity index is 1.86. The van der Waals surface area contributed by atoms with E-state index in [1.165, 1.54) is 6.07 Å². The SMILES string of the molecule is N[C@@H]1CC[C@@H]1NS(=O)(=O)c1ccc2c3c(cccc13)C(=O)N2. The largest absolute Gasteiger partial charge is 0.326 e. The van der Waals surface area contributed by atoms with Crippen molar-refractivity contribution in [1.29, 1.82) is 0 Å². The van der Waals surface area contributed by atoms with Crippen LogP contribution in [-0.4, -0.2) is 26.4 Å². The van der Waals surface area contributed by atoms with Gasteiger partial charge in [0.05, 0.1) is 4.90 Å². The molecule has 1 heterocycles. The van der Waals surface area contributed by atoms with Crippen molar-refractivity contribution < 1.29 is 13.2 Å². The summed E-state index contributed by atoms with van der Waals surface area (Å²) in [6.45, 7) is 0. The number of nitrogens with two attached hydrogens (primary N) is 1. The number of carbonyl (C=O) groups is 1. The highest BCUT2D eigenvalue weighted by molar-refractivity contribution is 7.89. The smallest absolute Gasteiger partial charge is 0.256 e. The second kappa shape index (κ2) is 4.52. The zero-order valence-electron chi connectivity index (χ0n) is 11.7. The third-order valence-electron chi connectivity index (χ3n) is 4.42. The quantitative estimate of drug-likeness (QED) is 0.791. The van der Waals surface area contributed by atoms with Crippen LogP contribution >= 0.6 is 0 Å². The summed E-state index contributed by atoms with van der Waals surface area (Å²) in [4.78, 5) is 12.1. The lowest BCUT2D eigenvalue weighted by atomic mass is 9.88. The topological polar surface area (TPSA) is 101 Å². The van der Waals surface area contributed by atoms with E-state index in [4.69, 9.17) is 5.73 Å². The Bertz CT molecular complexity index is 908. The van der Waals surface area contributed by atoms with Gasteiger partial charge >= 0.3 is 0 Å². The van der Waals surface area contributed by atoms with Crippen LogP contribution in [0.2, 0.25) is 0 Å². The van der Waals surface area contributed by atoms with Gasteiger partial charge in [-0.25, -0.2) is 13.1 Å². The van der Waals surface area contributed by atoms with Crippen LogP contribution in [-0.2, 0) is 10.0 Å². The van der Waals surface area contributed by atoms with Gasteiger partial charge in [-0.1, -0.05) is 12.1 Å². The summed E-state index contributed by atoms with van der Waals surface area (Å²) >= 11 is 0. The molecule has 2 aliphatic rings. The monoisotopic (exact) mass is 317 g/mol. The van der Waals surface area contributed by atoms with E-state index in [1.807, 2.05) is 0 Å². The Kier molecular flexibility index (Phi) is 2.81. The zero-order chi connectivity index (χ0) is 15.5. The molecule has 0 unspecified atom stereocenters. The van der Waals surface area contributed by atoms with Crippen molar-refractivity contribution in [3.8, 4) is 0 Å². The summed E-state index contributed by atoms with van der Waals surface area (Å²) in [5.74, 6) is -0.205. The van der Waals surface area contributed by atoms with Gasteiger partial charge in [-0.2, -0.15) is 0 Å². The van der Waals surface area contributed by atoms with E-state index in [-0.39, 0.29) is 22.9 Å². The van der Waals surface area contributed by atoms with E-state index in [1.54, 1.807) is 24.3 Å². The molecule has 0 bridgehead atoms. The molecule has 1 amide bonds. The van der Waals surface area contributed by atoms with Crippen LogP contribution in [0, 0.1) is 0 Å². The molecule has 0 radical (unpaired) electrons. The maximum Gasteiger partial charge on any atom is 0.256 e. The second-order valence-electron chi connectivity index (χ2n) is 5.76. The number of sulfonamides is 1. The van der Waals surface area contributed by atoms with Gasteiger partial charge in [0, 0.05) is 34.1 Å². The average Bonchev–Trinajstić information content (AvgIpc) is 2.82. The highest BCUT2D eigenvalue weighted by Gasteiger charge is 2.33. The van der Waals surface area contributed by atoms with Gasteiger partial charge in [0.2, 0.25) is 10.0 Å². The standard InChI is InChI=1S/C15H15N3O3S/c16-10-4-5-11(10)18-22(20,21)13-7-6-12-14-8(13)2-1-3-9(14)15(19)17-12/h1-3,6-7,10-11,18H,4-5,16H2,(H,17,19)/t10-,11+/m1/s1. The molecular formula is C15H15N3O3S. The molecule has 0 spiro atoms. The van der Waals surface area contributed by atoms with E-state index in [9.17, 15) is 13.2 Å². The first kappa shape index (κ1) is 13.7. The van der Waals surface area contributed by atoms with Crippen LogP contribution < -0.4 is 15.8 Å². The number of anilines is 1. The van der Waals surface area contributed by atoms with Crippen LogP contribution in [0.5, 0.6) is 0 Å². The predicted octanol–water partition coefficient (Wildman–Crippen LogP) is 1.17. The Hall–Kier alpha value is -1.96. The average molecular weight is 317 g/mol. The van der Waals surface area contributed by atoms with E-state index >= 15 is 0 Å². The van der Waals surface area contributed by atoms with Crippen LogP contribution in [0.1, 0.15) is 23.2 Å². The number of hydrogen-bond donors (Lipinski definition) is 3. The molecular weight excluding hydrogens is 302 g/mol. The van der Waals surface area contributed by atoms with Crippen molar-refractivity contribution in [2.24, 2.45) is 5.73 Å². The Morgan fingerprint density at radius 3 is 2.68 bits per heavy atom. The predicted molar refractivity (Wildman–Crippen MR) is 83.2 cm³/mol. The van der Waals surface area contributed by atoms with E-state index in [0.717, 1.165) is 12.8 Å². The summed E-state index contributed by atoms with van der Waals surface area (Å²) < 4.78 is 28.0. The molecule has 1 aliphatic carbocycles. The molecule has 114 valence electrons. The van der Waals surface area contributed by atoms with E-state index in [0.29, 0.717) is 22.0 Å². The third-order valence-corrected chi connectivity index (χ3v) is 5.97. The lowest BCUT2D eigenvalue weighted by Crippen LogP contribution is -2.54. The van der Waals surface area contributed by atoms with E-state index in [2.05, 4.69) is 10.0 Å². The molecule has 4 N–H and O–H groups in total. The number of rotatable bonds is 3. The van der Waals surface area contributed by atoms with Gasteiger partial charge in [0.25, 0.3) is 5.91 Å².